The third-order valence-corrected chi connectivity index (χ3v) is 4.46. The maximum absolute atomic E-state index is 6.16. The van der Waals surface area contributed by atoms with Gasteiger partial charge in [-0.1, -0.05) is 42.5 Å². The van der Waals surface area contributed by atoms with Crippen molar-refractivity contribution in [2.45, 2.75) is 30.0 Å². The van der Waals surface area contributed by atoms with Gasteiger partial charge in [-0.05, 0) is 37.1 Å². The fourth-order valence-corrected chi connectivity index (χ4v) is 3.22. The highest BCUT2D eigenvalue weighted by molar-refractivity contribution is 7.99. The minimum absolute atomic E-state index is 0.122. The van der Waals surface area contributed by atoms with Crippen LogP contribution in [0, 0.1) is 6.92 Å². The predicted octanol–water partition coefficient (Wildman–Crippen LogP) is 4.18. The van der Waals surface area contributed by atoms with Gasteiger partial charge in [-0.25, -0.2) is 0 Å². The van der Waals surface area contributed by atoms with Crippen molar-refractivity contribution < 1.29 is 0 Å². The number of nitrogens with two attached hydrogens (primary N) is 1. The molecule has 2 atom stereocenters. The molecule has 2 unspecified atom stereocenters. The topological polar surface area (TPSA) is 26.0 Å². The lowest BCUT2D eigenvalue weighted by Gasteiger charge is -2.22. The first kappa shape index (κ1) is 13.2. The fourth-order valence-electron chi connectivity index (χ4n) is 2.01. The van der Waals surface area contributed by atoms with E-state index in [4.69, 9.17) is 5.73 Å². The minimum atomic E-state index is 0.122. The predicted molar refractivity (Wildman–Crippen MR) is 79.9 cm³/mol. The van der Waals surface area contributed by atoms with E-state index in [0.29, 0.717) is 5.25 Å². The first-order valence-electron chi connectivity index (χ1n) is 6.21. The number of thioether (sulfide) groups is 1. The number of benzene rings is 2. The van der Waals surface area contributed by atoms with Crippen molar-refractivity contribution in [2.75, 3.05) is 0 Å². The molecule has 0 spiro atoms. The summed E-state index contributed by atoms with van der Waals surface area (Å²) < 4.78 is 0. The molecule has 1 nitrogen and oxygen atoms in total. The van der Waals surface area contributed by atoms with E-state index in [2.05, 4.69) is 62.4 Å². The molecule has 0 amide bonds. The summed E-state index contributed by atoms with van der Waals surface area (Å²) in [6.07, 6.45) is 0. The number of rotatable bonds is 4. The van der Waals surface area contributed by atoms with Crippen molar-refractivity contribution in [2.24, 2.45) is 5.73 Å². The van der Waals surface area contributed by atoms with Crippen LogP contribution < -0.4 is 5.73 Å². The molecule has 18 heavy (non-hydrogen) atoms. The molecule has 0 fully saturated rings. The van der Waals surface area contributed by atoms with Gasteiger partial charge in [0.05, 0.1) is 0 Å². The van der Waals surface area contributed by atoms with Gasteiger partial charge in [0, 0.05) is 16.2 Å². The van der Waals surface area contributed by atoms with Crippen LogP contribution >= 0.6 is 11.8 Å². The average molecular weight is 257 g/mol. The summed E-state index contributed by atoms with van der Waals surface area (Å²) in [5, 5.41) is 0.300. The quantitative estimate of drug-likeness (QED) is 0.832. The highest BCUT2D eigenvalue weighted by Crippen LogP contribution is 2.38. The summed E-state index contributed by atoms with van der Waals surface area (Å²) in [6, 6.07) is 19.1. The molecular weight excluding hydrogens is 238 g/mol. The Balaban J connectivity index is 2.27. The van der Waals surface area contributed by atoms with Crippen LogP contribution in [-0.4, -0.2) is 6.04 Å². The molecule has 0 radical (unpaired) electrons. The van der Waals surface area contributed by atoms with Gasteiger partial charge in [-0.2, -0.15) is 0 Å². The number of hydrogen-bond donors (Lipinski definition) is 1. The van der Waals surface area contributed by atoms with Crippen LogP contribution in [-0.2, 0) is 0 Å². The lowest BCUT2D eigenvalue weighted by Crippen LogP contribution is -2.23. The summed E-state index contributed by atoms with van der Waals surface area (Å²) in [5.74, 6) is 0. The zero-order valence-electron chi connectivity index (χ0n) is 10.8. The molecule has 2 aromatic carbocycles. The van der Waals surface area contributed by atoms with Crippen LogP contribution in [0.4, 0.5) is 0 Å². The van der Waals surface area contributed by atoms with E-state index in [1.807, 2.05) is 17.8 Å². The normalized spacial score (nSPS) is 14.2. The molecule has 2 aromatic rings. The van der Waals surface area contributed by atoms with E-state index in [0.717, 1.165) is 0 Å². The smallest absolute Gasteiger partial charge is 0.0495 e. The Bertz CT molecular complexity index is 493. The highest BCUT2D eigenvalue weighted by atomic mass is 32.2. The van der Waals surface area contributed by atoms with Gasteiger partial charge in [-0.3, -0.25) is 0 Å². The zero-order chi connectivity index (χ0) is 13.0. The third kappa shape index (κ3) is 3.15. The minimum Gasteiger partial charge on any atom is -0.327 e. The largest absolute Gasteiger partial charge is 0.327 e. The Hall–Kier alpha value is -1.25. The van der Waals surface area contributed by atoms with Gasteiger partial charge in [0.15, 0.2) is 0 Å². The summed E-state index contributed by atoms with van der Waals surface area (Å²) in [5.41, 5.74) is 8.81. The van der Waals surface area contributed by atoms with Crippen molar-refractivity contribution in [3.8, 4) is 0 Å². The first-order chi connectivity index (χ1) is 8.68. The van der Waals surface area contributed by atoms with Crippen LogP contribution in [0.1, 0.15) is 23.3 Å². The molecular formula is C16H19NS. The molecule has 0 aliphatic heterocycles. The first-order valence-corrected chi connectivity index (χ1v) is 7.09. The lowest BCUT2D eigenvalue weighted by atomic mass is 10.0. The second-order valence-electron chi connectivity index (χ2n) is 4.57. The Kier molecular flexibility index (Phi) is 4.45. The summed E-state index contributed by atoms with van der Waals surface area (Å²) in [7, 11) is 0. The maximum atomic E-state index is 6.16. The van der Waals surface area contributed by atoms with Crippen LogP contribution in [0.2, 0.25) is 0 Å². The molecule has 0 bridgehead atoms. The number of hydrogen-bond acceptors (Lipinski definition) is 2. The zero-order valence-corrected chi connectivity index (χ0v) is 11.7. The fraction of sp³-hybridized carbons (Fsp3) is 0.250. The van der Waals surface area contributed by atoms with Crippen LogP contribution in [0.15, 0.2) is 59.5 Å². The summed E-state index contributed by atoms with van der Waals surface area (Å²) in [4.78, 5) is 1.27. The van der Waals surface area contributed by atoms with E-state index < -0.39 is 0 Å². The highest BCUT2D eigenvalue weighted by Gasteiger charge is 2.19. The van der Waals surface area contributed by atoms with Gasteiger partial charge in [0.2, 0.25) is 0 Å². The molecule has 0 aromatic heterocycles. The van der Waals surface area contributed by atoms with Crippen molar-refractivity contribution in [3.63, 3.8) is 0 Å². The molecule has 94 valence electrons. The third-order valence-electron chi connectivity index (χ3n) is 2.98. The van der Waals surface area contributed by atoms with E-state index in [-0.39, 0.29) is 6.04 Å². The van der Waals surface area contributed by atoms with Crippen molar-refractivity contribution in [3.05, 3.63) is 65.7 Å². The molecule has 0 aliphatic carbocycles. The Morgan fingerprint density at radius 2 is 1.56 bits per heavy atom. The molecule has 2 rings (SSSR count). The van der Waals surface area contributed by atoms with Crippen molar-refractivity contribution >= 4 is 11.8 Å². The van der Waals surface area contributed by atoms with Gasteiger partial charge >= 0.3 is 0 Å². The SMILES string of the molecule is Cc1ccccc1C(Sc1ccccc1)C(C)N. The van der Waals surface area contributed by atoms with E-state index >= 15 is 0 Å². The molecule has 0 saturated heterocycles. The monoisotopic (exact) mass is 257 g/mol. The van der Waals surface area contributed by atoms with E-state index in [1.54, 1.807) is 0 Å². The van der Waals surface area contributed by atoms with Crippen molar-refractivity contribution in [1.82, 2.24) is 0 Å². The molecule has 2 N–H and O–H groups in total. The second kappa shape index (κ2) is 6.07. The van der Waals surface area contributed by atoms with E-state index in [1.165, 1.54) is 16.0 Å². The van der Waals surface area contributed by atoms with Gasteiger partial charge in [0.1, 0.15) is 0 Å². The second-order valence-corrected chi connectivity index (χ2v) is 5.78. The Morgan fingerprint density at radius 3 is 2.17 bits per heavy atom. The summed E-state index contributed by atoms with van der Waals surface area (Å²) >= 11 is 1.84. The Morgan fingerprint density at radius 1 is 0.944 bits per heavy atom. The van der Waals surface area contributed by atoms with Gasteiger partial charge < -0.3 is 5.73 Å². The van der Waals surface area contributed by atoms with Crippen molar-refractivity contribution in [1.29, 1.82) is 0 Å². The van der Waals surface area contributed by atoms with Gasteiger partial charge in [-0.15, -0.1) is 11.8 Å². The van der Waals surface area contributed by atoms with E-state index in [9.17, 15) is 0 Å². The average Bonchev–Trinajstić information content (AvgIpc) is 2.38. The van der Waals surface area contributed by atoms with Gasteiger partial charge in [0.25, 0.3) is 0 Å². The standard InChI is InChI=1S/C16H19NS/c1-12-8-6-7-11-15(12)16(13(2)17)18-14-9-4-3-5-10-14/h3-11,13,16H,17H2,1-2H3. The van der Waals surface area contributed by atoms with Crippen LogP contribution in [0.25, 0.3) is 0 Å². The molecule has 0 heterocycles. The van der Waals surface area contributed by atoms with Crippen LogP contribution in [0.5, 0.6) is 0 Å². The molecule has 2 heteroatoms. The maximum Gasteiger partial charge on any atom is 0.0495 e. The molecule has 0 saturated carbocycles. The van der Waals surface area contributed by atoms with Crippen LogP contribution in [0.3, 0.4) is 0 Å². The molecule has 0 aliphatic rings. The lowest BCUT2D eigenvalue weighted by molar-refractivity contribution is 0.718. The Labute approximate surface area is 113 Å². The number of aryl methyl sites for hydroxylation is 1. The summed E-state index contributed by atoms with van der Waals surface area (Å²) in [6.45, 7) is 4.23.